The van der Waals surface area contributed by atoms with Crippen molar-refractivity contribution >= 4 is 34.1 Å². The van der Waals surface area contributed by atoms with Crippen molar-refractivity contribution in [2.75, 3.05) is 9.80 Å². The lowest BCUT2D eigenvalue weighted by atomic mass is 9.70. The zero-order chi connectivity index (χ0) is 57.2. The molecule has 0 saturated heterocycles. The Morgan fingerprint density at radius 2 is 0.605 bits per heavy atom. The first kappa shape index (κ1) is 59.0. The molecule has 0 spiro atoms. The van der Waals surface area contributed by atoms with Gasteiger partial charge in [0.25, 0.3) is 0 Å². The van der Waals surface area contributed by atoms with Crippen LogP contribution in [0.3, 0.4) is 0 Å². The second kappa shape index (κ2) is 27.0. The van der Waals surface area contributed by atoms with Crippen molar-refractivity contribution in [1.29, 1.82) is 0 Å². The molecular formula is C79H96N2. The number of unbranched alkanes of at least 4 members (excludes halogenated alkanes) is 10. The summed E-state index contributed by atoms with van der Waals surface area (Å²) in [5, 5.41) is 0. The third kappa shape index (κ3) is 13.7. The third-order valence-corrected chi connectivity index (χ3v) is 17.9. The van der Waals surface area contributed by atoms with E-state index >= 15 is 0 Å². The summed E-state index contributed by atoms with van der Waals surface area (Å²) in [5.41, 5.74) is 26.2. The van der Waals surface area contributed by atoms with Crippen LogP contribution in [0.1, 0.15) is 227 Å². The van der Waals surface area contributed by atoms with Crippen molar-refractivity contribution in [3.05, 3.63) is 214 Å². The fourth-order valence-electron chi connectivity index (χ4n) is 12.8. The minimum absolute atomic E-state index is 0.0438. The summed E-state index contributed by atoms with van der Waals surface area (Å²) in [6, 6.07) is 66.2. The molecule has 0 heterocycles. The highest BCUT2D eigenvalue weighted by molar-refractivity contribution is 5.86. The van der Waals surface area contributed by atoms with Gasteiger partial charge >= 0.3 is 0 Å². The van der Waals surface area contributed by atoms with Gasteiger partial charge < -0.3 is 9.80 Å². The summed E-state index contributed by atoms with van der Waals surface area (Å²) in [6.07, 6.45) is 18.4. The third-order valence-electron chi connectivity index (χ3n) is 17.9. The van der Waals surface area contributed by atoms with Crippen molar-refractivity contribution in [2.45, 2.75) is 202 Å². The van der Waals surface area contributed by atoms with E-state index in [0.29, 0.717) is 23.7 Å². The van der Waals surface area contributed by atoms with Crippen molar-refractivity contribution in [1.82, 2.24) is 0 Å². The minimum atomic E-state index is 0.0438. The molecule has 0 amide bonds. The summed E-state index contributed by atoms with van der Waals surface area (Å²) in [4.78, 5) is 4.91. The first-order chi connectivity index (χ1) is 39.2. The highest BCUT2D eigenvalue weighted by Crippen LogP contribution is 2.55. The van der Waals surface area contributed by atoms with E-state index < -0.39 is 0 Å². The topological polar surface area (TPSA) is 6.48 Å². The largest absolute Gasteiger partial charge is 0.310 e. The second-order valence-electron chi connectivity index (χ2n) is 25.4. The van der Waals surface area contributed by atoms with Crippen molar-refractivity contribution in [3.8, 4) is 33.4 Å². The van der Waals surface area contributed by atoms with Gasteiger partial charge in [-0.1, -0.05) is 248 Å². The number of rotatable bonds is 26. The molecule has 0 N–H and O–H groups in total. The Labute approximate surface area is 491 Å². The van der Waals surface area contributed by atoms with Gasteiger partial charge in [-0.2, -0.15) is 0 Å². The predicted molar refractivity (Wildman–Crippen MR) is 355 cm³/mol. The van der Waals surface area contributed by atoms with Crippen LogP contribution in [-0.2, 0) is 5.41 Å². The van der Waals surface area contributed by atoms with Crippen LogP contribution < -0.4 is 9.80 Å². The maximum atomic E-state index is 2.62. The Hall–Kier alpha value is -6.64. The Morgan fingerprint density at radius 1 is 0.296 bits per heavy atom. The first-order valence-corrected chi connectivity index (χ1v) is 31.7. The number of anilines is 6. The molecule has 8 aromatic carbocycles. The van der Waals surface area contributed by atoms with Gasteiger partial charge in [-0.3, -0.25) is 0 Å². The quantitative estimate of drug-likeness (QED) is 0.0499. The summed E-state index contributed by atoms with van der Waals surface area (Å²) >= 11 is 0. The highest BCUT2D eigenvalue weighted by atomic mass is 15.1. The van der Waals surface area contributed by atoms with Crippen LogP contribution in [0.4, 0.5) is 34.1 Å². The van der Waals surface area contributed by atoms with Crippen LogP contribution in [0, 0.1) is 13.8 Å². The summed E-state index contributed by atoms with van der Waals surface area (Å²) in [5.74, 6) is 1.66. The molecule has 2 nitrogen and oxygen atoms in total. The first-order valence-electron chi connectivity index (χ1n) is 31.7. The van der Waals surface area contributed by atoms with Crippen LogP contribution >= 0.6 is 0 Å². The standard InChI is InChI=1S/C79H96N2/c1-13-15-17-19-21-23-45-79(46-24-22-20-18-16-14-2)77-47-60(12)27-43-75(77)76-44-34-64(54-78(76)79)63-32-41-72(42-33-63)81(74-52-67(57(7)8)49-68(53-74)58(9)10)71-39-30-62(31-40-71)61-28-37-70(38-29-61)80(69-35-25-59(11)26-36-69)73-50-65(55(3)4)48-66(51-73)56(5)6/h25-44,47-58H,13-24,45-46H2,1-12H3. The molecule has 0 saturated carbocycles. The van der Waals surface area contributed by atoms with E-state index in [0.717, 1.165) is 22.7 Å². The highest BCUT2D eigenvalue weighted by Gasteiger charge is 2.42. The lowest BCUT2D eigenvalue weighted by Crippen LogP contribution is -2.25. The lowest BCUT2D eigenvalue weighted by molar-refractivity contribution is 0.398. The van der Waals surface area contributed by atoms with E-state index in [1.54, 1.807) is 11.1 Å². The molecule has 0 aromatic heterocycles. The van der Waals surface area contributed by atoms with Crippen LogP contribution in [0.25, 0.3) is 33.4 Å². The van der Waals surface area contributed by atoms with Crippen molar-refractivity contribution < 1.29 is 0 Å². The number of fused-ring (bicyclic) bond motifs is 3. The number of hydrogen-bond acceptors (Lipinski definition) is 2. The molecule has 1 aliphatic rings. The Balaban J connectivity index is 1.06. The summed E-state index contributed by atoms with van der Waals surface area (Å²) in [6.45, 7) is 27.6. The summed E-state index contributed by atoms with van der Waals surface area (Å²) in [7, 11) is 0. The van der Waals surface area contributed by atoms with Crippen LogP contribution in [0.2, 0.25) is 0 Å². The van der Waals surface area contributed by atoms with E-state index in [2.05, 4.69) is 263 Å². The molecule has 0 fully saturated rings. The summed E-state index contributed by atoms with van der Waals surface area (Å²) < 4.78 is 0. The Kier molecular flexibility index (Phi) is 19.6. The number of aryl methyl sites for hydroxylation is 2. The van der Waals surface area contributed by atoms with Crippen molar-refractivity contribution in [2.24, 2.45) is 0 Å². The molecule has 0 radical (unpaired) electrons. The predicted octanol–water partition coefficient (Wildman–Crippen LogP) is 24.8. The zero-order valence-corrected chi connectivity index (χ0v) is 51.8. The normalized spacial score (nSPS) is 12.7. The molecule has 0 atom stereocenters. The van der Waals surface area contributed by atoms with Crippen LogP contribution in [-0.4, -0.2) is 0 Å². The number of nitrogens with zero attached hydrogens (tertiary/aromatic N) is 2. The molecule has 0 bridgehead atoms. The van der Waals surface area contributed by atoms with Gasteiger partial charge in [0.05, 0.1) is 0 Å². The van der Waals surface area contributed by atoms with Crippen molar-refractivity contribution in [3.63, 3.8) is 0 Å². The lowest BCUT2D eigenvalue weighted by Gasteiger charge is -2.33. The Morgan fingerprint density at radius 3 is 0.988 bits per heavy atom. The molecule has 81 heavy (non-hydrogen) atoms. The van der Waals surface area contributed by atoms with Crippen LogP contribution in [0.5, 0.6) is 0 Å². The van der Waals surface area contributed by atoms with E-state index in [1.807, 2.05) is 0 Å². The van der Waals surface area contributed by atoms with E-state index in [9.17, 15) is 0 Å². The number of hydrogen-bond donors (Lipinski definition) is 0. The average Bonchev–Trinajstić information content (AvgIpc) is 3.59. The number of benzene rings is 8. The second-order valence-corrected chi connectivity index (χ2v) is 25.4. The van der Waals surface area contributed by atoms with Gasteiger partial charge in [-0.15, -0.1) is 0 Å². The van der Waals surface area contributed by atoms with E-state index in [-0.39, 0.29) is 5.41 Å². The molecule has 1 aliphatic carbocycles. The van der Waals surface area contributed by atoms with E-state index in [4.69, 9.17) is 0 Å². The van der Waals surface area contributed by atoms with Gasteiger partial charge in [0.1, 0.15) is 0 Å². The zero-order valence-electron chi connectivity index (χ0n) is 51.8. The average molecular weight is 1070 g/mol. The molecule has 422 valence electrons. The smallest absolute Gasteiger partial charge is 0.0467 e. The van der Waals surface area contributed by atoms with Gasteiger partial charge in [0, 0.05) is 39.5 Å². The van der Waals surface area contributed by atoms with Gasteiger partial charge in [0.2, 0.25) is 0 Å². The van der Waals surface area contributed by atoms with Gasteiger partial charge in [-0.05, 0) is 196 Å². The van der Waals surface area contributed by atoms with Gasteiger partial charge in [0.15, 0.2) is 0 Å². The maximum absolute atomic E-state index is 2.62. The molecule has 2 heteroatoms. The maximum Gasteiger partial charge on any atom is 0.0467 e. The molecule has 9 rings (SSSR count). The fraction of sp³-hybridized carbons (Fsp3) is 0.392. The molecule has 0 unspecified atom stereocenters. The monoisotopic (exact) mass is 1070 g/mol. The fourth-order valence-corrected chi connectivity index (χ4v) is 12.8. The molecule has 8 aromatic rings. The van der Waals surface area contributed by atoms with E-state index in [1.165, 1.54) is 168 Å². The van der Waals surface area contributed by atoms with Crippen LogP contribution in [0.15, 0.2) is 170 Å². The molecular weight excluding hydrogens is 977 g/mol. The SMILES string of the molecule is CCCCCCCCC1(CCCCCCCC)c2cc(C)ccc2-c2ccc(-c3ccc(N(c4ccc(-c5ccc(N(c6ccc(C)cc6)c6cc(C(C)C)cc(C(C)C)c6)cc5)cc4)c4cc(C(C)C)cc(C(C)C)c4)cc3)cc21. The van der Waals surface area contributed by atoms with Gasteiger partial charge in [-0.25, -0.2) is 0 Å². The minimum Gasteiger partial charge on any atom is -0.310 e. The molecule has 0 aliphatic heterocycles. The Bertz CT molecular complexity index is 3230.